The lowest BCUT2D eigenvalue weighted by molar-refractivity contribution is -0.133. The predicted molar refractivity (Wildman–Crippen MR) is 73.7 cm³/mol. The van der Waals surface area contributed by atoms with Gasteiger partial charge in [-0.1, -0.05) is 36.0 Å². The molecule has 1 aliphatic rings. The summed E-state index contributed by atoms with van der Waals surface area (Å²) in [7, 11) is 0. The van der Waals surface area contributed by atoms with E-state index in [2.05, 4.69) is 27.7 Å². The maximum absolute atomic E-state index is 10.7. The van der Waals surface area contributed by atoms with Crippen LogP contribution in [0, 0.1) is 0 Å². The van der Waals surface area contributed by atoms with E-state index in [9.17, 15) is 4.79 Å². The van der Waals surface area contributed by atoms with Crippen LogP contribution in [0.25, 0.3) is 0 Å². The second kappa shape index (κ2) is 5.62. The molecule has 7 heteroatoms. The van der Waals surface area contributed by atoms with Crippen LogP contribution in [-0.4, -0.2) is 37.0 Å². The van der Waals surface area contributed by atoms with Crippen molar-refractivity contribution in [2.45, 2.75) is 30.5 Å². The van der Waals surface area contributed by atoms with Crippen molar-refractivity contribution in [2.75, 3.05) is 5.75 Å². The molecule has 1 unspecified atom stereocenters. The largest absolute Gasteiger partial charge is 0.481 e. The third-order valence-electron chi connectivity index (χ3n) is 3.42. The number of fused-ring (bicyclic) bond motifs is 1. The van der Waals surface area contributed by atoms with Gasteiger partial charge in [0, 0.05) is 0 Å². The van der Waals surface area contributed by atoms with Crippen molar-refractivity contribution in [1.29, 1.82) is 0 Å². The zero-order valence-electron chi connectivity index (χ0n) is 10.8. The number of tetrazole rings is 1. The molecule has 1 aromatic heterocycles. The summed E-state index contributed by atoms with van der Waals surface area (Å²) in [5, 5.41) is 21.0. The average Bonchev–Trinajstić information content (AvgIpc) is 2.92. The lowest BCUT2D eigenvalue weighted by atomic mass is 9.88. The van der Waals surface area contributed by atoms with Gasteiger partial charge in [-0.15, -0.1) is 5.10 Å². The van der Waals surface area contributed by atoms with Gasteiger partial charge in [-0.25, -0.2) is 4.68 Å². The molecule has 0 bridgehead atoms. The summed E-state index contributed by atoms with van der Waals surface area (Å²) in [4.78, 5) is 10.7. The van der Waals surface area contributed by atoms with Gasteiger partial charge in [-0.3, -0.25) is 4.79 Å². The standard InChI is InChI=1S/C13H14N4O2S/c18-12(19)8-20-13-14-15-16-17(13)11-7-3-5-9-4-1-2-6-10(9)11/h1-2,4,6,11H,3,5,7-8H2,(H,18,19). The van der Waals surface area contributed by atoms with Gasteiger partial charge in [-0.2, -0.15) is 0 Å². The van der Waals surface area contributed by atoms with E-state index in [1.54, 1.807) is 4.68 Å². The highest BCUT2D eigenvalue weighted by Crippen LogP contribution is 2.34. The molecule has 20 heavy (non-hydrogen) atoms. The van der Waals surface area contributed by atoms with Crippen molar-refractivity contribution >= 4 is 17.7 Å². The minimum atomic E-state index is -0.867. The van der Waals surface area contributed by atoms with E-state index in [0.29, 0.717) is 5.16 Å². The van der Waals surface area contributed by atoms with E-state index in [1.807, 2.05) is 12.1 Å². The average molecular weight is 290 g/mol. The zero-order valence-corrected chi connectivity index (χ0v) is 11.6. The normalized spacial score (nSPS) is 17.7. The Morgan fingerprint density at radius 3 is 3.15 bits per heavy atom. The molecule has 0 saturated heterocycles. The van der Waals surface area contributed by atoms with E-state index in [-0.39, 0.29) is 11.8 Å². The van der Waals surface area contributed by atoms with Gasteiger partial charge in [0.2, 0.25) is 5.16 Å². The molecule has 1 heterocycles. The molecule has 0 aliphatic heterocycles. The van der Waals surface area contributed by atoms with Crippen LogP contribution in [0.3, 0.4) is 0 Å². The van der Waals surface area contributed by atoms with Crippen LogP contribution in [0.2, 0.25) is 0 Å². The van der Waals surface area contributed by atoms with Gasteiger partial charge in [0.25, 0.3) is 0 Å². The Labute approximate surface area is 120 Å². The molecular weight excluding hydrogens is 276 g/mol. The number of carbonyl (C=O) groups is 1. The number of hydrogen-bond acceptors (Lipinski definition) is 5. The van der Waals surface area contributed by atoms with E-state index >= 15 is 0 Å². The highest BCUT2D eigenvalue weighted by atomic mass is 32.2. The summed E-state index contributed by atoms with van der Waals surface area (Å²) < 4.78 is 1.76. The number of aryl methyl sites for hydroxylation is 1. The smallest absolute Gasteiger partial charge is 0.313 e. The minimum absolute atomic E-state index is 0.0330. The molecule has 1 aliphatic carbocycles. The first kappa shape index (κ1) is 13.1. The van der Waals surface area contributed by atoms with E-state index in [1.165, 1.54) is 11.1 Å². The Kier molecular flexibility index (Phi) is 3.68. The fourth-order valence-electron chi connectivity index (χ4n) is 2.58. The molecule has 0 amide bonds. The van der Waals surface area contributed by atoms with E-state index in [4.69, 9.17) is 5.11 Å². The van der Waals surface area contributed by atoms with E-state index < -0.39 is 5.97 Å². The van der Waals surface area contributed by atoms with Crippen LogP contribution in [0.4, 0.5) is 0 Å². The van der Waals surface area contributed by atoms with Gasteiger partial charge in [0.15, 0.2) is 0 Å². The minimum Gasteiger partial charge on any atom is -0.481 e. The van der Waals surface area contributed by atoms with E-state index in [0.717, 1.165) is 31.0 Å². The topological polar surface area (TPSA) is 80.9 Å². The highest BCUT2D eigenvalue weighted by molar-refractivity contribution is 7.99. The quantitative estimate of drug-likeness (QED) is 0.864. The number of aromatic nitrogens is 4. The van der Waals surface area contributed by atoms with Crippen LogP contribution < -0.4 is 0 Å². The monoisotopic (exact) mass is 290 g/mol. The summed E-state index contributed by atoms with van der Waals surface area (Å²) in [6.45, 7) is 0. The van der Waals surface area contributed by atoms with Crippen molar-refractivity contribution in [3.05, 3.63) is 35.4 Å². The zero-order chi connectivity index (χ0) is 13.9. The van der Waals surface area contributed by atoms with Gasteiger partial charge in [-0.05, 0) is 40.8 Å². The molecule has 3 rings (SSSR count). The predicted octanol–water partition coefficient (Wildman–Crippen LogP) is 1.78. The molecule has 1 N–H and O–H groups in total. The molecule has 0 saturated carbocycles. The van der Waals surface area contributed by atoms with Crippen molar-refractivity contribution in [2.24, 2.45) is 0 Å². The van der Waals surface area contributed by atoms with Crippen LogP contribution in [-0.2, 0) is 11.2 Å². The van der Waals surface area contributed by atoms with Gasteiger partial charge >= 0.3 is 5.97 Å². The lowest BCUT2D eigenvalue weighted by Gasteiger charge is -2.25. The molecule has 104 valence electrons. The number of nitrogens with zero attached hydrogens (tertiary/aromatic N) is 4. The Balaban J connectivity index is 1.91. The second-order valence-corrected chi connectivity index (χ2v) is 5.64. The lowest BCUT2D eigenvalue weighted by Crippen LogP contribution is -2.19. The number of carboxylic acid groups (broad SMARTS) is 1. The first-order valence-corrected chi connectivity index (χ1v) is 7.44. The number of rotatable bonds is 4. The molecule has 2 aromatic rings. The van der Waals surface area contributed by atoms with Crippen LogP contribution in [0.5, 0.6) is 0 Å². The number of carboxylic acids is 1. The van der Waals surface area contributed by atoms with Crippen molar-refractivity contribution < 1.29 is 9.90 Å². The Hall–Kier alpha value is -1.89. The molecule has 6 nitrogen and oxygen atoms in total. The summed E-state index contributed by atoms with van der Waals surface area (Å²) >= 11 is 1.16. The molecular formula is C13H14N4O2S. The summed E-state index contributed by atoms with van der Waals surface area (Å²) in [6, 6.07) is 8.40. The molecule has 1 atom stereocenters. The van der Waals surface area contributed by atoms with Gasteiger partial charge in [0.1, 0.15) is 0 Å². The van der Waals surface area contributed by atoms with Crippen molar-refractivity contribution in [3.63, 3.8) is 0 Å². The van der Waals surface area contributed by atoms with Crippen molar-refractivity contribution in [1.82, 2.24) is 20.2 Å². The van der Waals surface area contributed by atoms with Gasteiger partial charge in [0.05, 0.1) is 11.8 Å². The maximum Gasteiger partial charge on any atom is 0.313 e. The fourth-order valence-corrected chi connectivity index (χ4v) is 3.23. The number of hydrogen-bond donors (Lipinski definition) is 1. The summed E-state index contributed by atoms with van der Waals surface area (Å²) in [5.41, 5.74) is 2.57. The van der Waals surface area contributed by atoms with Crippen LogP contribution in [0.15, 0.2) is 29.4 Å². The molecule has 0 radical (unpaired) electrons. The Morgan fingerprint density at radius 2 is 2.30 bits per heavy atom. The molecule has 0 spiro atoms. The summed E-state index contributed by atoms with van der Waals surface area (Å²) in [5.74, 6) is -0.900. The van der Waals surface area contributed by atoms with Crippen LogP contribution >= 0.6 is 11.8 Å². The molecule has 1 aromatic carbocycles. The van der Waals surface area contributed by atoms with Crippen molar-refractivity contribution in [3.8, 4) is 0 Å². The van der Waals surface area contributed by atoms with Gasteiger partial charge < -0.3 is 5.11 Å². The maximum atomic E-state index is 10.7. The SMILES string of the molecule is O=C(O)CSc1nnnn1C1CCCc2ccccc21. The number of benzene rings is 1. The third-order valence-corrected chi connectivity index (χ3v) is 4.34. The third kappa shape index (κ3) is 2.53. The second-order valence-electron chi connectivity index (χ2n) is 4.70. The Bertz CT molecular complexity index is 628. The number of aliphatic carboxylic acids is 1. The number of thioether (sulfide) groups is 1. The summed E-state index contributed by atoms with van der Waals surface area (Å²) in [6.07, 6.45) is 3.14. The van der Waals surface area contributed by atoms with Crippen LogP contribution in [0.1, 0.15) is 30.0 Å². The highest BCUT2D eigenvalue weighted by Gasteiger charge is 2.25. The first-order chi connectivity index (χ1) is 9.75. The Morgan fingerprint density at radius 1 is 1.45 bits per heavy atom. The first-order valence-electron chi connectivity index (χ1n) is 6.46. The molecule has 0 fully saturated rings. The fraction of sp³-hybridized carbons (Fsp3) is 0.385.